The minimum Gasteiger partial charge on any atom is -0.375 e. The molecule has 0 aliphatic heterocycles. The highest BCUT2D eigenvalue weighted by Crippen LogP contribution is 2.29. The van der Waals surface area contributed by atoms with Crippen LogP contribution in [0.2, 0.25) is 5.02 Å². The van der Waals surface area contributed by atoms with Crippen molar-refractivity contribution in [2.75, 3.05) is 5.73 Å². The minimum absolute atomic E-state index is 0.106. The van der Waals surface area contributed by atoms with Crippen LogP contribution in [0.5, 0.6) is 0 Å². The van der Waals surface area contributed by atoms with E-state index in [1.165, 1.54) is 17.4 Å². The number of nitrogens with zero attached hydrogens (tertiary/aromatic N) is 1. The molecule has 2 rings (SSSR count). The Hall–Kier alpha value is -1.13. The maximum absolute atomic E-state index is 12.9. The Balaban J connectivity index is 2.47. The molecular weight excluding hydrogens is 223 g/mol. The molecule has 2 N–H and O–H groups in total. The molecule has 0 bridgehead atoms. The van der Waals surface area contributed by atoms with Crippen LogP contribution in [-0.4, -0.2) is 4.98 Å². The van der Waals surface area contributed by atoms with Gasteiger partial charge in [0.1, 0.15) is 5.82 Å². The highest BCUT2D eigenvalue weighted by atomic mass is 35.5. The zero-order chi connectivity index (χ0) is 10.1. The first-order chi connectivity index (χ1) is 6.66. The number of hydrogen-bond acceptors (Lipinski definition) is 3. The number of nitrogens with two attached hydrogens (primary N) is 1. The lowest BCUT2D eigenvalue weighted by Gasteiger charge is -1.97. The van der Waals surface area contributed by atoms with E-state index in [1.54, 1.807) is 18.3 Å². The molecule has 1 aromatic carbocycles. The fourth-order valence-corrected chi connectivity index (χ4v) is 1.93. The summed E-state index contributed by atoms with van der Waals surface area (Å²) in [6.07, 6.45) is 1.64. The van der Waals surface area contributed by atoms with Crippen LogP contribution in [0.4, 0.5) is 9.52 Å². The molecule has 2 nitrogen and oxygen atoms in total. The molecule has 0 aliphatic carbocycles. The van der Waals surface area contributed by atoms with E-state index in [-0.39, 0.29) is 5.02 Å². The second-order valence-electron chi connectivity index (χ2n) is 2.69. The molecular formula is C9H6ClFN2S. The number of hydrogen-bond donors (Lipinski definition) is 1. The summed E-state index contributed by atoms with van der Waals surface area (Å²) in [5.74, 6) is -0.423. The van der Waals surface area contributed by atoms with Crippen molar-refractivity contribution < 1.29 is 4.39 Å². The summed E-state index contributed by atoms with van der Waals surface area (Å²) in [4.78, 5) is 4.78. The van der Waals surface area contributed by atoms with Crippen molar-refractivity contribution >= 4 is 28.1 Å². The summed E-state index contributed by atoms with van der Waals surface area (Å²) >= 11 is 6.99. The van der Waals surface area contributed by atoms with E-state index in [2.05, 4.69) is 4.98 Å². The van der Waals surface area contributed by atoms with Crippen molar-refractivity contribution in [3.63, 3.8) is 0 Å². The first-order valence-corrected chi connectivity index (χ1v) is 5.03. The second kappa shape index (κ2) is 3.55. The third kappa shape index (κ3) is 1.71. The van der Waals surface area contributed by atoms with Crippen LogP contribution in [0.15, 0.2) is 24.4 Å². The molecule has 1 aromatic heterocycles. The lowest BCUT2D eigenvalue weighted by atomic mass is 10.2. The van der Waals surface area contributed by atoms with Crippen LogP contribution in [0.3, 0.4) is 0 Å². The maximum Gasteiger partial charge on any atom is 0.180 e. The Morgan fingerprint density at radius 2 is 2.21 bits per heavy atom. The quantitative estimate of drug-likeness (QED) is 0.814. The second-order valence-corrected chi connectivity index (χ2v) is 4.16. The van der Waals surface area contributed by atoms with Crippen LogP contribution in [0, 0.1) is 5.82 Å². The number of anilines is 1. The van der Waals surface area contributed by atoms with E-state index in [0.717, 1.165) is 10.4 Å². The predicted octanol–water partition coefficient (Wildman–Crippen LogP) is 3.18. The summed E-state index contributed by atoms with van der Waals surface area (Å²) in [7, 11) is 0. The number of nitrogen functional groups attached to an aromatic ring is 1. The Bertz CT molecular complexity index is 470. The SMILES string of the molecule is Nc1ncc(-c2ccc(F)c(Cl)c2)s1. The summed E-state index contributed by atoms with van der Waals surface area (Å²) in [6, 6.07) is 4.53. The van der Waals surface area contributed by atoms with Gasteiger partial charge in [-0.25, -0.2) is 9.37 Å². The third-order valence-corrected chi connectivity index (χ3v) is 2.89. The summed E-state index contributed by atoms with van der Waals surface area (Å²) in [5.41, 5.74) is 6.31. The number of aromatic nitrogens is 1. The predicted molar refractivity (Wildman–Crippen MR) is 56.9 cm³/mol. The van der Waals surface area contributed by atoms with Gasteiger partial charge in [-0.05, 0) is 17.7 Å². The van der Waals surface area contributed by atoms with Crippen molar-refractivity contribution in [3.05, 3.63) is 35.2 Å². The van der Waals surface area contributed by atoms with Crippen LogP contribution >= 0.6 is 22.9 Å². The molecule has 5 heteroatoms. The average molecular weight is 229 g/mol. The summed E-state index contributed by atoms with van der Waals surface area (Å²) in [6.45, 7) is 0. The topological polar surface area (TPSA) is 38.9 Å². The monoisotopic (exact) mass is 228 g/mol. The van der Waals surface area contributed by atoms with Gasteiger partial charge in [0.25, 0.3) is 0 Å². The van der Waals surface area contributed by atoms with Crippen molar-refractivity contribution in [2.45, 2.75) is 0 Å². The molecule has 72 valence electrons. The molecule has 0 atom stereocenters. The number of rotatable bonds is 1. The standard InChI is InChI=1S/C9H6ClFN2S/c10-6-3-5(1-2-7(6)11)8-4-13-9(12)14-8/h1-4H,(H2,12,13). The first-order valence-electron chi connectivity index (χ1n) is 3.83. The van der Waals surface area contributed by atoms with Gasteiger partial charge < -0.3 is 5.73 Å². The Labute approximate surface area is 89.2 Å². The van der Waals surface area contributed by atoms with Crippen LogP contribution in [0.25, 0.3) is 10.4 Å². The highest BCUT2D eigenvalue weighted by molar-refractivity contribution is 7.18. The van der Waals surface area contributed by atoms with Crippen molar-refractivity contribution in [1.82, 2.24) is 4.98 Å². The lowest BCUT2D eigenvalue weighted by Crippen LogP contribution is -1.78. The van der Waals surface area contributed by atoms with Crippen molar-refractivity contribution in [2.24, 2.45) is 0 Å². The molecule has 0 amide bonds. The zero-order valence-electron chi connectivity index (χ0n) is 7.00. The van der Waals surface area contributed by atoms with Gasteiger partial charge >= 0.3 is 0 Å². The molecule has 0 saturated carbocycles. The fourth-order valence-electron chi connectivity index (χ4n) is 1.07. The van der Waals surface area contributed by atoms with Gasteiger partial charge in [0.05, 0.1) is 9.90 Å². The molecule has 14 heavy (non-hydrogen) atoms. The van der Waals surface area contributed by atoms with E-state index in [4.69, 9.17) is 17.3 Å². The minimum atomic E-state index is -0.423. The van der Waals surface area contributed by atoms with E-state index < -0.39 is 5.82 Å². The van der Waals surface area contributed by atoms with E-state index in [1.807, 2.05) is 0 Å². The third-order valence-electron chi connectivity index (χ3n) is 1.73. The van der Waals surface area contributed by atoms with Gasteiger partial charge in [-0.2, -0.15) is 0 Å². The lowest BCUT2D eigenvalue weighted by molar-refractivity contribution is 0.628. The molecule has 0 spiro atoms. The van der Waals surface area contributed by atoms with E-state index in [9.17, 15) is 4.39 Å². The molecule has 0 unspecified atom stereocenters. The Morgan fingerprint density at radius 3 is 2.79 bits per heavy atom. The smallest absolute Gasteiger partial charge is 0.180 e. The van der Waals surface area contributed by atoms with Gasteiger partial charge in [0, 0.05) is 6.20 Å². The van der Waals surface area contributed by atoms with Crippen LogP contribution in [0.1, 0.15) is 0 Å². The van der Waals surface area contributed by atoms with Crippen molar-refractivity contribution in [3.8, 4) is 10.4 Å². The van der Waals surface area contributed by atoms with Gasteiger partial charge in [0.2, 0.25) is 0 Å². The maximum atomic E-state index is 12.9. The number of thiazole rings is 1. The molecule has 0 saturated heterocycles. The van der Waals surface area contributed by atoms with Gasteiger partial charge in [-0.1, -0.05) is 29.0 Å². The zero-order valence-corrected chi connectivity index (χ0v) is 8.57. The Kier molecular flexibility index (Phi) is 2.39. The first kappa shape index (κ1) is 9.43. The normalized spacial score (nSPS) is 10.4. The fraction of sp³-hybridized carbons (Fsp3) is 0. The molecule has 0 aliphatic rings. The van der Waals surface area contributed by atoms with Crippen molar-refractivity contribution in [1.29, 1.82) is 0 Å². The summed E-state index contributed by atoms with van der Waals surface area (Å²) in [5, 5.41) is 0.593. The largest absolute Gasteiger partial charge is 0.375 e. The van der Waals surface area contributed by atoms with Gasteiger partial charge in [0.15, 0.2) is 5.13 Å². The van der Waals surface area contributed by atoms with Gasteiger partial charge in [-0.3, -0.25) is 0 Å². The van der Waals surface area contributed by atoms with Gasteiger partial charge in [-0.15, -0.1) is 0 Å². The van der Waals surface area contributed by atoms with Crippen LogP contribution < -0.4 is 5.73 Å². The van der Waals surface area contributed by atoms with Crippen LogP contribution in [-0.2, 0) is 0 Å². The summed E-state index contributed by atoms with van der Waals surface area (Å²) < 4.78 is 12.9. The molecule has 0 fully saturated rings. The Morgan fingerprint density at radius 1 is 1.43 bits per heavy atom. The molecule has 0 radical (unpaired) electrons. The highest BCUT2D eigenvalue weighted by Gasteiger charge is 2.05. The molecule has 2 aromatic rings. The van der Waals surface area contributed by atoms with E-state index >= 15 is 0 Å². The molecule has 1 heterocycles. The number of benzene rings is 1. The average Bonchev–Trinajstić information content (AvgIpc) is 2.57. The van der Waals surface area contributed by atoms with E-state index in [0.29, 0.717) is 5.13 Å². The number of halogens is 2.